The van der Waals surface area contributed by atoms with Crippen LogP contribution < -0.4 is 0 Å². The molecule has 0 aliphatic heterocycles. The van der Waals surface area contributed by atoms with Gasteiger partial charge in [-0.15, -0.1) is 0 Å². The largest absolute Gasteiger partial charge is 0.453 e. The molecule has 0 bridgehead atoms. The van der Waals surface area contributed by atoms with Crippen LogP contribution in [-0.4, -0.2) is 5.97 Å². The Balaban J connectivity index is 2.83. The first-order valence-corrected chi connectivity index (χ1v) is 4.59. The highest BCUT2D eigenvalue weighted by Crippen LogP contribution is 2.18. The molecule has 74 valence electrons. The van der Waals surface area contributed by atoms with Crippen molar-refractivity contribution in [2.45, 2.75) is 20.0 Å². The van der Waals surface area contributed by atoms with E-state index in [1.807, 2.05) is 49.4 Å². The standard InChI is InChI=1S/C12H14O2/c1-3-7-12(14-10(2)13)11-8-5-4-6-9-11/h3-9,12H,1-2H3/b7-3-. The number of rotatable bonds is 3. The van der Waals surface area contributed by atoms with E-state index in [0.717, 1.165) is 5.56 Å². The van der Waals surface area contributed by atoms with Crippen LogP contribution in [0.1, 0.15) is 25.5 Å². The van der Waals surface area contributed by atoms with Gasteiger partial charge in [0, 0.05) is 6.92 Å². The number of benzene rings is 1. The minimum absolute atomic E-state index is 0.265. The molecule has 0 saturated heterocycles. The normalized spacial score (nSPS) is 12.7. The fourth-order valence-electron chi connectivity index (χ4n) is 1.21. The lowest BCUT2D eigenvalue weighted by Crippen LogP contribution is -2.05. The lowest BCUT2D eigenvalue weighted by Gasteiger charge is -2.12. The maximum absolute atomic E-state index is 10.8. The first-order chi connectivity index (χ1) is 6.74. The average molecular weight is 190 g/mol. The molecular formula is C12H14O2. The van der Waals surface area contributed by atoms with Gasteiger partial charge in [-0.2, -0.15) is 0 Å². The molecule has 14 heavy (non-hydrogen) atoms. The SMILES string of the molecule is C/C=C\C(OC(C)=O)c1ccccc1. The van der Waals surface area contributed by atoms with Gasteiger partial charge in [0.05, 0.1) is 0 Å². The Morgan fingerprint density at radius 2 is 2.00 bits per heavy atom. The number of carbonyl (C=O) groups excluding carboxylic acids is 1. The van der Waals surface area contributed by atoms with Crippen molar-refractivity contribution < 1.29 is 9.53 Å². The van der Waals surface area contributed by atoms with E-state index < -0.39 is 0 Å². The monoisotopic (exact) mass is 190 g/mol. The van der Waals surface area contributed by atoms with Gasteiger partial charge in [0.25, 0.3) is 0 Å². The van der Waals surface area contributed by atoms with Crippen molar-refractivity contribution in [3.05, 3.63) is 48.0 Å². The van der Waals surface area contributed by atoms with Gasteiger partial charge in [-0.05, 0) is 18.6 Å². The molecule has 1 atom stereocenters. The summed E-state index contributed by atoms with van der Waals surface area (Å²) in [6.45, 7) is 3.32. The summed E-state index contributed by atoms with van der Waals surface area (Å²) in [6.07, 6.45) is 3.47. The van der Waals surface area contributed by atoms with Crippen molar-refractivity contribution in [3.63, 3.8) is 0 Å². The van der Waals surface area contributed by atoms with Crippen LogP contribution >= 0.6 is 0 Å². The molecule has 2 heteroatoms. The predicted octanol–water partition coefficient (Wildman–Crippen LogP) is 2.87. The summed E-state index contributed by atoms with van der Waals surface area (Å²) in [6, 6.07) is 9.66. The summed E-state index contributed by atoms with van der Waals surface area (Å²) in [5.74, 6) is -0.267. The van der Waals surface area contributed by atoms with Crippen LogP contribution in [0.3, 0.4) is 0 Å². The summed E-state index contributed by atoms with van der Waals surface area (Å²) in [4.78, 5) is 10.8. The smallest absolute Gasteiger partial charge is 0.303 e. The lowest BCUT2D eigenvalue weighted by molar-refractivity contribution is -0.144. The van der Waals surface area contributed by atoms with Gasteiger partial charge in [-0.1, -0.05) is 36.4 Å². The van der Waals surface area contributed by atoms with E-state index in [4.69, 9.17) is 4.74 Å². The zero-order chi connectivity index (χ0) is 10.4. The van der Waals surface area contributed by atoms with Gasteiger partial charge in [0.1, 0.15) is 6.10 Å². The molecule has 0 radical (unpaired) electrons. The maximum Gasteiger partial charge on any atom is 0.303 e. The molecule has 1 aromatic carbocycles. The Morgan fingerprint density at radius 1 is 1.36 bits per heavy atom. The zero-order valence-corrected chi connectivity index (χ0v) is 8.44. The second-order valence-electron chi connectivity index (χ2n) is 2.97. The quantitative estimate of drug-likeness (QED) is 0.541. The highest BCUT2D eigenvalue weighted by molar-refractivity contribution is 5.66. The lowest BCUT2D eigenvalue weighted by atomic mass is 10.1. The zero-order valence-electron chi connectivity index (χ0n) is 8.44. The topological polar surface area (TPSA) is 26.3 Å². The van der Waals surface area contributed by atoms with E-state index in [-0.39, 0.29) is 12.1 Å². The molecule has 1 unspecified atom stereocenters. The molecule has 0 aromatic heterocycles. The highest BCUT2D eigenvalue weighted by atomic mass is 16.5. The van der Waals surface area contributed by atoms with E-state index in [2.05, 4.69) is 0 Å². The Bertz CT molecular complexity index is 314. The Morgan fingerprint density at radius 3 is 2.50 bits per heavy atom. The molecule has 0 spiro atoms. The molecule has 0 heterocycles. The van der Waals surface area contributed by atoms with E-state index in [0.29, 0.717) is 0 Å². The number of allylic oxidation sites excluding steroid dienone is 1. The van der Waals surface area contributed by atoms with Crippen molar-refractivity contribution in [3.8, 4) is 0 Å². The molecule has 1 aromatic rings. The van der Waals surface area contributed by atoms with Gasteiger partial charge in [-0.3, -0.25) is 4.79 Å². The van der Waals surface area contributed by atoms with Crippen molar-refractivity contribution in [2.75, 3.05) is 0 Å². The molecule has 0 N–H and O–H groups in total. The fourth-order valence-corrected chi connectivity index (χ4v) is 1.21. The van der Waals surface area contributed by atoms with E-state index >= 15 is 0 Å². The van der Waals surface area contributed by atoms with Gasteiger partial charge in [0.2, 0.25) is 0 Å². The third-order valence-corrected chi connectivity index (χ3v) is 1.79. The summed E-state index contributed by atoms with van der Waals surface area (Å²) < 4.78 is 5.15. The molecule has 0 aliphatic rings. The van der Waals surface area contributed by atoms with Gasteiger partial charge >= 0.3 is 5.97 Å². The van der Waals surface area contributed by atoms with E-state index in [1.165, 1.54) is 6.92 Å². The average Bonchev–Trinajstić information content (AvgIpc) is 2.18. The second-order valence-corrected chi connectivity index (χ2v) is 2.97. The van der Waals surface area contributed by atoms with Crippen LogP contribution in [-0.2, 0) is 9.53 Å². The number of hydrogen-bond acceptors (Lipinski definition) is 2. The first-order valence-electron chi connectivity index (χ1n) is 4.59. The van der Waals surface area contributed by atoms with Gasteiger partial charge < -0.3 is 4.74 Å². The summed E-state index contributed by atoms with van der Waals surface area (Å²) in [7, 11) is 0. The van der Waals surface area contributed by atoms with Crippen molar-refractivity contribution >= 4 is 5.97 Å². The van der Waals surface area contributed by atoms with Crippen LogP contribution in [0.25, 0.3) is 0 Å². The number of carbonyl (C=O) groups is 1. The molecule has 0 saturated carbocycles. The molecule has 0 aliphatic carbocycles. The Hall–Kier alpha value is -1.57. The molecule has 0 fully saturated rings. The number of ether oxygens (including phenoxy) is 1. The molecule has 1 rings (SSSR count). The van der Waals surface area contributed by atoms with E-state index in [1.54, 1.807) is 0 Å². The third kappa shape index (κ3) is 3.05. The van der Waals surface area contributed by atoms with Crippen LogP contribution in [0, 0.1) is 0 Å². The van der Waals surface area contributed by atoms with Gasteiger partial charge in [0.15, 0.2) is 0 Å². The van der Waals surface area contributed by atoms with Gasteiger partial charge in [-0.25, -0.2) is 0 Å². The Kier molecular flexibility index (Phi) is 3.92. The molecule has 2 nitrogen and oxygen atoms in total. The minimum atomic E-state index is -0.267. The van der Waals surface area contributed by atoms with Crippen molar-refractivity contribution in [1.82, 2.24) is 0 Å². The summed E-state index contributed by atoms with van der Waals surface area (Å²) in [5.41, 5.74) is 0.987. The highest BCUT2D eigenvalue weighted by Gasteiger charge is 2.09. The second kappa shape index (κ2) is 5.22. The van der Waals surface area contributed by atoms with Crippen LogP contribution in [0.2, 0.25) is 0 Å². The minimum Gasteiger partial charge on any atom is -0.453 e. The summed E-state index contributed by atoms with van der Waals surface area (Å²) in [5, 5.41) is 0. The van der Waals surface area contributed by atoms with Crippen molar-refractivity contribution in [2.24, 2.45) is 0 Å². The van der Waals surface area contributed by atoms with Crippen molar-refractivity contribution in [1.29, 1.82) is 0 Å². The maximum atomic E-state index is 10.8. The van der Waals surface area contributed by atoms with Crippen LogP contribution in [0.5, 0.6) is 0 Å². The van der Waals surface area contributed by atoms with Crippen LogP contribution in [0.15, 0.2) is 42.5 Å². The predicted molar refractivity (Wildman–Crippen MR) is 55.8 cm³/mol. The molecular weight excluding hydrogens is 176 g/mol. The Labute approximate surface area is 84.2 Å². The van der Waals surface area contributed by atoms with Crippen LogP contribution in [0.4, 0.5) is 0 Å². The summed E-state index contributed by atoms with van der Waals surface area (Å²) >= 11 is 0. The first kappa shape index (κ1) is 10.5. The number of hydrogen-bond donors (Lipinski definition) is 0. The third-order valence-electron chi connectivity index (χ3n) is 1.79. The molecule has 0 amide bonds. The van der Waals surface area contributed by atoms with E-state index in [9.17, 15) is 4.79 Å². The number of esters is 1. The fraction of sp³-hybridized carbons (Fsp3) is 0.250.